The predicted octanol–water partition coefficient (Wildman–Crippen LogP) is 3.86. The molecule has 1 N–H and O–H groups in total. The molecule has 1 amide bonds. The summed E-state index contributed by atoms with van der Waals surface area (Å²) in [7, 11) is 0. The molecule has 0 bridgehead atoms. The van der Waals surface area contributed by atoms with Crippen LogP contribution in [0.1, 0.15) is 58.1 Å². The summed E-state index contributed by atoms with van der Waals surface area (Å²) in [5.74, 6) is 0.889. The Kier molecular flexibility index (Phi) is 4.22. The fourth-order valence-corrected chi connectivity index (χ4v) is 4.43. The van der Waals surface area contributed by atoms with Crippen molar-refractivity contribution in [1.82, 2.24) is 5.16 Å². The molecule has 1 atom stereocenters. The highest BCUT2D eigenvalue weighted by atomic mass is 32.1. The summed E-state index contributed by atoms with van der Waals surface area (Å²) < 4.78 is 5.12. The Balaban J connectivity index is 1.93. The number of aryl methyl sites for hydroxylation is 2. The largest absolute Gasteiger partial charge is 0.361 e. The molecule has 0 aliphatic heterocycles. The number of thiophene rings is 1. The van der Waals surface area contributed by atoms with Crippen LogP contribution in [0.25, 0.3) is 0 Å². The number of fused-ring (bicyclic) bond motifs is 1. The summed E-state index contributed by atoms with van der Waals surface area (Å²) in [5.41, 5.74) is 2.87. The molecule has 5 nitrogen and oxygen atoms in total. The molecule has 0 saturated heterocycles. The van der Waals surface area contributed by atoms with Crippen LogP contribution in [0.5, 0.6) is 0 Å². The third-order valence-electron chi connectivity index (χ3n) is 4.35. The maximum Gasteiger partial charge on any atom is 0.261 e. The number of carbonyl (C=O) groups excluding carboxylic acids is 1. The number of aromatic nitrogens is 1. The maximum absolute atomic E-state index is 12.6. The van der Waals surface area contributed by atoms with Crippen LogP contribution in [0, 0.1) is 24.2 Å². The monoisotopic (exact) mass is 329 g/mol. The van der Waals surface area contributed by atoms with Gasteiger partial charge in [-0.1, -0.05) is 19.0 Å². The normalized spacial score (nSPS) is 16.7. The number of nitrogens with one attached hydrogen (secondary N) is 1. The van der Waals surface area contributed by atoms with E-state index in [0.717, 1.165) is 24.8 Å². The molecule has 6 heteroatoms. The van der Waals surface area contributed by atoms with E-state index in [-0.39, 0.29) is 5.91 Å². The molecule has 2 aromatic heterocycles. The average Bonchev–Trinajstić information content (AvgIpc) is 3.06. The fourth-order valence-electron chi connectivity index (χ4n) is 3.07. The van der Waals surface area contributed by atoms with E-state index in [0.29, 0.717) is 39.9 Å². The van der Waals surface area contributed by atoms with Crippen molar-refractivity contribution in [2.24, 2.45) is 5.92 Å². The molecule has 0 spiro atoms. The van der Waals surface area contributed by atoms with Crippen molar-refractivity contribution >= 4 is 22.2 Å². The molecular formula is C17H19N3O2S. The fraction of sp³-hybridized carbons (Fsp3) is 0.471. The van der Waals surface area contributed by atoms with Gasteiger partial charge in [0.1, 0.15) is 22.4 Å². The van der Waals surface area contributed by atoms with Gasteiger partial charge in [-0.3, -0.25) is 4.79 Å². The van der Waals surface area contributed by atoms with Crippen LogP contribution in [0.15, 0.2) is 4.52 Å². The van der Waals surface area contributed by atoms with Crippen molar-refractivity contribution in [1.29, 1.82) is 5.26 Å². The van der Waals surface area contributed by atoms with Crippen molar-refractivity contribution in [3.63, 3.8) is 0 Å². The Labute approximate surface area is 139 Å². The summed E-state index contributed by atoms with van der Waals surface area (Å²) >= 11 is 1.53. The molecule has 1 aliphatic carbocycles. The Morgan fingerprint density at radius 3 is 3.04 bits per heavy atom. The number of nitriles is 1. The maximum atomic E-state index is 12.6. The standard InChI is InChI=1S/C17H19N3O2S/c1-4-13-15(10(3)22-20-13)16(21)19-17-12(8-18)11-6-5-9(2)7-14(11)23-17/h9H,4-7H2,1-3H3,(H,19,21)/t9-/m0/s1. The van der Waals surface area contributed by atoms with E-state index in [1.165, 1.54) is 16.2 Å². The van der Waals surface area contributed by atoms with E-state index in [1.54, 1.807) is 6.92 Å². The van der Waals surface area contributed by atoms with Crippen LogP contribution in [0.2, 0.25) is 0 Å². The second-order valence-corrected chi connectivity index (χ2v) is 7.14. The summed E-state index contributed by atoms with van der Waals surface area (Å²) in [6, 6.07) is 2.27. The van der Waals surface area contributed by atoms with Crippen LogP contribution in [0.4, 0.5) is 5.00 Å². The zero-order valence-electron chi connectivity index (χ0n) is 13.5. The molecule has 3 rings (SSSR count). The molecular weight excluding hydrogens is 310 g/mol. The highest BCUT2D eigenvalue weighted by Gasteiger charge is 2.26. The lowest BCUT2D eigenvalue weighted by Gasteiger charge is -2.17. The average molecular weight is 329 g/mol. The van der Waals surface area contributed by atoms with Gasteiger partial charge in [0, 0.05) is 4.88 Å². The van der Waals surface area contributed by atoms with Gasteiger partial charge in [0.25, 0.3) is 5.91 Å². The van der Waals surface area contributed by atoms with Crippen molar-refractivity contribution in [2.75, 3.05) is 5.32 Å². The van der Waals surface area contributed by atoms with Gasteiger partial charge in [-0.25, -0.2) is 0 Å². The van der Waals surface area contributed by atoms with Crippen molar-refractivity contribution in [3.05, 3.63) is 33.0 Å². The molecule has 0 radical (unpaired) electrons. The lowest BCUT2D eigenvalue weighted by Crippen LogP contribution is -2.14. The Morgan fingerprint density at radius 2 is 2.35 bits per heavy atom. The van der Waals surface area contributed by atoms with Gasteiger partial charge in [-0.05, 0) is 44.1 Å². The zero-order valence-corrected chi connectivity index (χ0v) is 14.3. The van der Waals surface area contributed by atoms with Crippen LogP contribution in [-0.4, -0.2) is 11.1 Å². The number of rotatable bonds is 3. The molecule has 0 fully saturated rings. The number of amides is 1. The number of carbonyl (C=O) groups is 1. The SMILES string of the molecule is CCc1noc(C)c1C(=O)Nc1sc2c(c1C#N)CC[C@H](C)C2. The minimum absolute atomic E-state index is 0.247. The smallest absolute Gasteiger partial charge is 0.261 e. The number of anilines is 1. The Morgan fingerprint density at radius 1 is 1.57 bits per heavy atom. The second-order valence-electron chi connectivity index (χ2n) is 6.04. The van der Waals surface area contributed by atoms with E-state index in [4.69, 9.17) is 4.52 Å². The molecule has 23 heavy (non-hydrogen) atoms. The van der Waals surface area contributed by atoms with E-state index in [9.17, 15) is 10.1 Å². The minimum atomic E-state index is -0.247. The van der Waals surface area contributed by atoms with Crippen LogP contribution in [0.3, 0.4) is 0 Å². The van der Waals surface area contributed by atoms with E-state index >= 15 is 0 Å². The zero-order chi connectivity index (χ0) is 16.6. The first-order valence-corrected chi connectivity index (χ1v) is 8.67. The highest BCUT2D eigenvalue weighted by molar-refractivity contribution is 7.16. The second kappa shape index (κ2) is 6.17. The van der Waals surface area contributed by atoms with Gasteiger partial charge in [0.05, 0.1) is 11.3 Å². The summed E-state index contributed by atoms with van der Waals surface area (Å²) in [6.45, 7) is 5.88. The van der Waals surface area contributed by atoms with Gasteiger partial charge in [0.2, 0.25) is 0 Å². The van der Waals surface area contributed by atoms with Crippen molar-refractivity contribution < 1.29 is 9.32 Å². The van der Waals surface area contributed by atoms with Gasteiger partial charge in [-0.15, -0.1) is 11.3 Å². The molecule has 2 heterocycles. The molecule has 0 unspecified atom stereocenters. The third-order valence-corrected chi connectivity index (χ3v) is 5.52. The van der Waals surface area contributed by atoms with Gasteiger partial charge in [-0.2, -0.15) is 5.26 Å². The predicted molar refractivity (Wildman–Crippen MR) is 88.8 cm³/mol. The van der Waals surface area contributed by atoms with E-state index in [2.05, 4.69) is 23.5 Å². The Hall–Kier alpha value is -2.13. The van der Waals surface area contributed by atoms with Crippen LogP contribution < -0.4 is 5.32 Å². The van der Waals surface area contributed by atoms with E-state index < -0.39 is 0 Å². The minimum Gasteiger partial charge on any atom is -0.361 e. The molecule has 1 aliphatic rings. The van der Waals surface area contributed by atoms with Gasteiger partial charge >= 0.3 is 0 Å². The topological polar surface area (TPSA) is 78.9 Å². The lowest BCUT2D eigenvalue weighted by molar-refractivity contribution is 0.102. The Bertz CT molecular complexity index is 798. The number of hydrogen-bond acceptors (Lipinski definition) is 5. The van der Waals surface area contributed by atoms with Gasteiger partial charge in [0.15, 0.2) is 0 Å². The lowest BCUT2D eigenvalue weighted by atomic mass is 9.88. The molecule has 0 aromatic carbocycles. The quantitative estimate of drug-likeness (QED) is 0.927. The van der Waals surface area contributed by atoms with Crippen LogP contribution >= 0.6 is 11.3 Å². The number of hydrogen-bond donors (Lipinski definition) is 1. The van der Waals surface area contributed by atoms with E-state index in [1.807, 2.05) is 6.92 Å². The summed E-state index contributed by atoms with van der Waals surface area (Å²) in [6.07, 6.45) is 3.62. The van der Waals surface area contributed by atoms with Crippen molar-refractivity contribution in [2.45, 2.75) is 46.5 Å². The first-order valence-electron chi connectivity index (χ1n) is 7.86. The van der Waals surface area contributed by atoms with Crippen molar-refractivity contribution in [3.8, 4) is 6.07 Å². The highest BCUT2D eigenvalue weighted by Crippen LogP contribution is 2.39. The first kappa shape index (κ1) is 15.8. The van der Waals surface area contributed by atoms with Gasteiger partial charge < -0.3 is 9.84 Å². The first-order chi connectivity index (χ1) is 11.0. The number of nitrogens with zero attached hydrogens (tertiary/aromatic N) is 2. The third kappa shape index (κ3) is 2.77. The van der Waals surface area contributed by atoms with Crippen LogP contribution in [-0.2, 0) is 19.3 Å². The summed E-state index contributed by atoms with van der Waals surface area (Å²) in [4.78, 5) is 13.8. The molecule has 2 aromatic rings. The summed E-state index contributed by atoms with van der Waals surface area (Å²) in [5, 5.41) is 17.0. The molecule has 120 valence electrons. The molecule has 0 saturated carbocycles.